The number of fused-ring (bicyclic) bond motifs is 2. The minimum absolute atomic E-state index is 0.103. The average Bonchev–Trinajstić information content (AvgIpc) is 3.06. The van der Waals surface area contributed by atoms with Crippen molar-refractivity contribution < 1.29 is 13.2 Å². The molecule has 1 aromatic heterocycles. The van der Waals surface area contributed by atoms with Crippen molar-refractivity contribution in [3.8, 4) is 0 Å². The van der Waals surface area contributed by atoms with E-state index < -0.39 is 21.5 Å². The van der Waals surface area contributed by atoms with E-state index in [2.05, 4.69) is 25.5 Å². The first kappa shape index (κ1) is 19.8. The van der Waals surface area contributed by atoms with Crippen molar-refractivity contribution >= 4 is 27.3 Å². The standard InChI is InChI=1S/C19H30N2O3S2/c1-12-15-9-13(19(15,5)6)10-21(12)17(22)16(18(2,3)4)20-26(23,24)14-7-8-25-11-14/h7-8,11-13,15-16,20H,9-10H2,1-6H3/t12-,13-,15+,16-/m1/s1. The molecule has 0 aromatic carbocycles. The zero-order chi connectivity index (χ0) is 19.5. The summed E-state index contributed by atoms with van der Waals surface area (Å²) in [5, 5.41) is 3.32. The number of rotatable bonds is 4. The summed E-state index contributed by atoms with van der Waals surface area (Å²) in [5.74, 6) is 0.884. The third-order valence-corrected chi connectivity index (χ3v) is 8.76. The number of sulfonamides is 1. The number of nitrogens with zero attached hydrogens (tertiary/aromatic N) is 1. The Morgan fingerprint density at radius 1 is 1.38 bits per heavy atom. The number of amides is 1. The number of hydrogen-bond donors (Lipinski definition) is 1. The number of piperidine rings is 2. The lowest BCUT2D eigenvalue weighted by Crippen LogP contribution is -2.68. The van der Waals surface area contributed by atoms with Crippen LogP contribution in [-0.4, -0.2) is 37.9 Å². The Hall–Kier alpha value is -0.920. The van der Waals surface area contributed by atoms with Gasteiger partial charge >= 0.3 is 0 Å². The Bertz CT molecular complexity index is 778. The van der Waals surface area contributed by atoms with Gasteiger partial charge in [-0.25, -0.2) is 8.42 Å². The molecule has 26 heavy (non-hydrogen) atoms. The highest BCUT2D eigenvalue weighted by molar-refractivity contribution is 7.89. The predicted octanol–water partition coefficient (Wildman–Crippen LogP) is 3.33. The normalized spacial score (nSPS) is 29.2. The van der Waals surface area contributed by atoms with Crippen LogP contribution in [0.25, 0.3) is 0 Å². The van der Waals surface area contributed by atoms with Crippen molar-refractivity contribution in [2.24, 2.45) is 22.7 Å². The van der Waals surface area contributed by atoms with Gasteiger partial charge in [0, 0.05) is 18.0 Å². The molecule has 5 nitrogen and oxygen atoms in total. The molecule has 2 aliphatic heterocycles. The molecule has 2 saturated heterocycles. The lowest BCUT2D eigenvalue weighted by Gasteiger charge is -2.63. The summed E-state index contributed by atoms with van der Waals surface area (Å²) in [6, 6.07) is 0.923. The summed E-state index contributed by atoms with van der Waals surface area (Å²) in [6.07, 6.45) is 1.17. The Kier molecular flexibility index (Phi) is 4.81. The topological polar surface area (TPSA) is 66.5 Å². The van der Waals surface area contributed by atoms with E-state index in [9.17, 15) is 13.2 Å². The van der Waals surface area contributed by atoms with Crippen LogP contribution in [0.4, 0.5) is 0 Å². The van der Waals surface area contributed by atoms with Gasteiger partial charge in [0.2, 0.25) is 15.9 Å². The van der Waals surface area contributed by atoms with E-state index in [4.69, 9.17) is 0 Å². The number of nitrogens with one attached hydrogen (secondary N) is 1. The van der Waals surface area contributed by atoms with E-state index in [0.717, 1.165) is 6.54 Å². The predicted molar refractivity (Wildman–Crippen MR) is 104 cm³/mol. The maximum atomic E-state index is 13.4. The van der Waals surface area contributed by atoms with Gasteiger partial charge in [-0.05, 0) is 47.5 Å². The van der Waals surface area contributed by atoms with Crippen molar-refractivity contribution in [2.45, 2.75) is 64.9 Å². The first-order valence-electron chi connectivity index (χ1n) is 9.20. The zero-order valence-electron chi connectivity index (χ0n) is 16.4. The maximum Gasteiger partial charge on any atom is 0.242 e. The van der Waals surface area contributed by atoms with Gasteiger partial charge in [0.15, 0.2) is 0 Å². The van der Waals surface area contributed by atoms with Crippen LogP contribution in [0.5, 0.6) is 0 Å². The molecule has 3 heterocycles. The third kappa shape index (κ3) is 3.22. The maximum absolute atomic E-state index is 13.4. The van der Waals surface area contributed by atoms with Gasteiger partial charge < -0.3 is 4.90 Å². The van der Waals surface area contributed by atoms with Crippen LogP contribution in [0.2, 0.25) is 0 Å². The molecule has 1 amide bonds. The molecule has 3 fully saturated rings. The fourth-order valence-corrected chi connectivity index (χ4v) is 6.91. The molecule has 0 radical (unpaired) electrons. The molecule has 3 aliphatic rings. The van der Waals surface area contributed by atoms with Crippen molar-refractivity contribution in [1.82, 2.24) is 9.62 Å². The van der Waals surface area contributed by atoms with Crippen LogP contribution >= 0.6 is 11.3 Å². The second kappa shape index (κ2) is 6.31. The summed E-state index contributed by atoms with van der Waals surface area (Å²) in [4.78, 5) is 15.5. The number of carbonyl (C=O) groups is 1. The first-order chi connectivity index (χ1) is 11.9. The molecule has 7 heteroatoms. The quantitative estimate of drug-likeness (QED) is 0.846. The molecule has 146 valence electrons. The molecule has 2 bridgehead atoms. The highest BCUT2D eigenvalue weighted by Gasteiger charge is 2.57. The van der Waals surface area contributed by atoms with Gasteiger partial charge in [-0.15, -0.1) is 0 Å². The molecule has 1 aliphatic carbocycles. The lowest BCUT2D eigenvalue weighted by atomic mass is 9.50. The Morgan fingerprint density at radius 3 is 2.50 bits per heavy atom. The smallest absolute Gasteiger partial charge is 0.242 e. The second-order valence-electron chi connectivity index (χ2n) is 9.47. The van der Waals surface area contributed by atoms with Crippen LogP contribution in [0.15, 0.2) is 21.7 Å². The summed E-state index contributed by atoms with van der Waals surface area (Å²) in [7, 11) is -3.71. The van der Waals surface area contributed by atoms with Crippen molar-refractivity contribution in [2.75, 3.05) is 6.54 Å². The van der Waals surface area contributed by atoms with Crippen molar-refractivity contribution in [3.05, 3.63) is 16.8 Å². The highest BCUT2D eigenvalue weighted by Crippen LogP contribution is 2.57. The zero-order valence-corrected chi connectivity index (χ0v) is 18.1. The minimum Gasteiger partial charge on any atom is -0.338 e. The lowest BCUT2D eigenvalue weighted by molar-refractivity contribution is -0.169. The Balaban J connectivity index is 1.84. The molecule has 0 unspecified atom stereocenters. The van der Waals surface area contributed by atoms with E-state index in [0.29, 0.717) is 11.8 Å². The summed E-state index contributed by atoms with van der Waals surface area (Å²) >= 11 is 1.33. The summed E-state index contributed by atoms with van der Waals surface area (Å²) < 4.78 is 28.1. The summed E-state index contributed by atoms with van der Waals surface area (Å²) in [5.41, 5.74) is -0.249. The van der Waals surface area contributed by atoms with Crippen LogP contribution < -0.4 is 4.72 Å². The number of hydrogen-bond acceptors (Lipinski definition) is 4. The molecular weight excluding hydrogens is 368 g/mol. The molecule has 1 aromatic rings. The summed E-state index contributed by atoms with van der Waals surface area (Å²) in [6.45, 7) is 13.1. The largest absolute Gasteiger partial charge is 0.338 e. The first-order valence-corrected chi connectivity index (χ1v) is 11.6. The minimum atomic E-state index is -3.71. The van der Waals surface area contributed by atoms with E-state index in [1.807, 2.05) is 25.7 Å². The molecule has 4 rings (SSSR count). The number of carbonyl (C=O) groups excluding carboxylic acids is 1. The van der Waals surface area contributed by atoms with Gasteiger partial charge in [0.05, 0.1) is 4.90 Å². The van der Waals surface area contributed by atoms with Gasteiger partial charge in [0.25, 0.3) is 0 Å². The highest BCUT2D eigenvalue weighted by atomic mass is 32.2. The average molecular weight is 399 g/mol. The van der Waals surface area contributed by atoms with Gasteiger partial charge in [-0.3, -0.25) is 4.79 Å². The van der Waals surface area contributed by atoms with Crippen molar-refractivity contribution in [3.63, 3.8) is 0 Å². The monoisotopic (exact) mass is 398 g/mol. The molecule has 1 saturated carbocycles. The van der Waals surface area contributed by atoms with Gasteiger partial charge in [-0.2, -0.15) is 16.1 Å². The van der Waals surface area contributed by atoms with E-state index >= 15 is 0 Å². The van der Waals surface area contributed by atoms with E-state index in [1.165, 1.54) is 17.8 Å². The van der Waals surface area contributed by atoms with Crippen LogP contribution in [-0.2, 0) is 14.8 Å². The fraction of sp³-hybridized carbons (Fsp3) is 0.737. The molecule has 0 spiro atoms. The SMILES string of the molecule is C[C@@H]1[C@@H]2C[C@H](CN1C(=O)[C@@H](NS(=O)(=O)c1ccsc1)C(C)(C)C)C2(C)C. The Morgan fingerprint density at radius 2 is 2.04 bits per heavy atom. The van der Waals surface area contributed by atoms with Gasteiger partial charge in [-0.1, -0.05) is 34.6 Å². The van der Waals surface area contributed by atoms with Gasteiger partial charge in [0.1, 0.15) is 6.04 Å². The van der Waals surface area contributed by atoms with Crippen LogP contribution in [0.3, 0.4) is 0 Å². The van der Waals surface area contributed by atoms with E-state index in [-0.39, 0.29) is 22.3 Å². The third-order valence-electron chi connectivity index (χ3n) is 6.51. The molecule has 4 atom stereocenters. The van der Waals surface area contributed by atoms with Crippen LogP contribution in [0, 0.1) is 22.7 Å². The fourth-order valence-electron chi connectivity index (χ4n) is 4.49. The molecular formula is C19H30N2O3S2. The van der Waals surface area contributed by atoms with Crippen molar-refractivity contribution in [1.29, 1.82) is 0 Å². The number of thiophene rings is 1. The molecule has 1 N–H and O–H groups in total. The Labute approximate surface area is 161 Å². The van der Waals surface area contributed by atoms with Crippen LogP contribution in [0.1, 0.15) is 48.0 Å². The van der Waals surface area contributed by atoms with E-state index in [1.54, 1.807) is 16.8 Å². The second-order valence-corrected chi connectivity index (χ2v) is 12.0.